The normalized spacial score (nSPS) is 11.7. The maximum absolute atomic E-state index is 13.9. The molecule has 4 rings (SSSR count). The summed E-state index contributed by atoms with van der Waals surface area (Å²) in [7, 11) is 0. The van der Waals surface area contributed by atoms with Crippen molar-refractivity contribution in [3.8, 4) is 16.9 Å². The molecule has 0 bridgehead atoms. The Balaban J connectivity index is 1.45. The number of ether oxygens (including phenoxy) is 1. The van der Waals surface area contributed by atoms with E-state index < -0.39 is 11.9 Å². The van der Waals surface area contributed by atoms with Crippen molar-refractivity contribution in [1.82, 2.24) is 15.3 Å². The number of nitrogens with zero attached hydrogens (tertiary/aromatic N) is 2. The molecule has 0 aliphatic heterocycles. The number of carbonyl (C=O) groups excluding carboxylic acids is 1. The fourth-order valence-corrected chi connectivity index (χ4v) is 4.33. The van der Waals surface area contributed by atoms with Gasteiger partial charge < -0.3 is 15.8 Å². The van der Waals surface area contributed by atoms with Gasteiger partial charge in [0.15, 0.2) is 11.6 Å². The van der Waals surface area contributed by atoms with Gasteiger partial charge in [-0.2, -0.15) is 0 Å². The number of nitrogens with one attached hydrogen (secondary N) is 1. The van der Waals surface area contributed by atoms with Crippen LogP contribution < -0.4 is 15.8 Å². The molecule has 1 unspecified atom stereocenters. The van der Waals surface area contributed by atoms with E-state index in [-0.39, 0.29) is 21.8 Å². The number of nitrogen functional groups attached to an aromatic ring is 1. The molecule has 0 fully saturated rings. The Morgan fingerprint density at radius 1 is 1.11 bits per heavy atom. The van der Waals surface area contributed by atoms with Crippen LogP contribution in [-0.2, 0) is 6.42 Å². The number of aromatic nitrogens is 2. The Labute approximate surface area is 218 Å². The van der Waals surface area contributed by atoms with Crippen LogP contribution in [-0.4, -0.2) is 22.4 Å². The van der Waals surface area contributed by atoms with Gasteiger partial charge in [0.05, 0.1) is 5.02 Å². The standard InChI is InChI=1S/C27H23Cl2FN4O2/c1-16(24-21(28)8-9-22(30)25(24)29)36-23-13-20(15-34-26(23)31)18-4-6-19(7-5-18)27(35)33-12-10-17-3-2-11-32-14-17/h2-9,11,13-16H,10,12H2,1H3,(H2,31,34)(H,33,35). The van der Waals surface area contributed by atoms with Crippen molar-refractivity contribution >= 4 is 34.9 Å². The number of hydrogen-bond donors (Lipinski definition) is 2. The smallest absolute Gasteiger partial charge is 0.251 e. The van der Waals surface area contributed by atoms with Crippen LogP contribution in [0.4, 0.5) is 10.2 Å². The molecule has 0 spiro atoms. The lowest BCUT2D eigenvalue weighted by molar-refractivity contribution is 0.0954. The SMILES string of the molecule is CC(Oc1cc(-c2ccc(C(=O)NCCc3cccnc3)cc2)cnc1N)c1c(Cl)ccc(F)c1Cl. The number of rotatable bonds is 8. The van der Waals surface area contributed by atoms with E-state index in [1.807, 2.05) is 24.3 Å². The Bertz CT molecular complexity index is 1370. The van der Waals surface area contributed by atoms with Gasteiger partial charge >= 0.3 is 0 Å². The van der Waals surface area contributed by atoms with Crippen LogP contribution in [0, 0.1) is 5.82 Å². The summed E-state index contributed by atoms with van der Waals surface area (Å²) in [5.41, 5.74) is 9.47. The lowest BCUT2D eigenvalue weighted by Gasteiger charge is -2.19. The first-order chi connectivity index (χ1) is 17.3. The summed E-state index contributed by atoms with van der Waals surface area (Å²) in [5, 5.41) is 3.09. The molecule has 0 aliphatic carbocycles. The van der Waals surface area contributed by atoms with Crippen LogP contribution in [0.1, 0.15) is 34.5 Å². The first-order valence-electron chi connectivity index (χ1n) is 11.2. The Morgan fingerprint density at radius 3 is 2.61 bits per heavy atom. The minimum atomic E-state index is -0.683. The fraction of sp³-hybridized carbons (Fsp3) is 0.148. The zero-order chi connectivity index (χ0) is 25.7. The maximum Gasteiger partial charge on any atom is 0.251 e. The number of nitrogens with two attached hydrogens (primary N) is 1. The predicted molar refractivity (Wildman–Crippen MR) is 140 cm³/mol. The quantitative estimate of drug-likeness (QED) is 0.264. The Hall–Kier alpha value is -3.68. The Morgan fingerprint density at radius 2 is 1.89 bits per heavy atom. The van der Waals surface area contributed by atoms with Gasteiger partial charge in [0.1, 0.15) is 11.9 Å². The van der Waals surface area contributed by atoms with Gasteiger partial charge in [0, 0.05) is 46.8 Å². The number of halogens is 3. The first-order valence-corrected chi connectivity index (χ1v) is 11.9. The summed E-state index contributed by atoms with van der Waals surface area (Å²) in [5.74, 6) is -0.289. The lowest BCUT2D eigenvalue weighted by Crippen LogP contribution is -2.25. The van der Waals surface area contributed by atoms with Crippen LogP contribution >= 0.6 is 23.2 Å². The summed E-state index contributed by atoms with van der Waals surface area (Å²) in [4.78, 5) is 20.8. The van der Waals surface area contributed by atoms with Crippen LogP contribution in [0.2, 0.25) is 10.0 Å². The van der Waals surface area contributed by atoms with Gasteiger partial charge in [0.25, 0.3) is 5.91 Å². The number of anilines is 1. The van der Waals surface area contributed by atoms with Gasteiger partial charge in [-0.25, -0.2) is 9.37 Å². The number of benzene rings is 2. The van der Waals surface area contributed by atoms with E-state index in [9.17, 15) is 9.18 Å². The second kappa shape index (κ2) is 11.4. The number of carbonyl (C=O) groups is 1. The van der Waals surface area contributed by atoms with Crippen LogP contribution in [0.5, 0.6) is 5.75 Å². The van der Waals surface area contributed by atoms with Crippen molar-refractivity contribution in [2.75, 3.05) is 12.3 Å². The molecule has 2 aromatic heterocycles. The molecule has 2 aromatic carbocycles. The van der Waals surface area contributed by atoms with Crippen molar-refractivity contribution in [3.63, 3.8) is 0 Å². The summed E-state index contributed by atoms with van der Waals surface area (Å²) in [6.45, 7) is 2.20. The topological polar surface area (TPSA) is 90.1 Å². The van der Waals surface area contributed by atoms with E-state index in [0.717, 1.165) is 16.7 Å². The third-order valence-corrected chi connectivity index (χ3v) is 6.29. The summed E-state index contributed by atoms with van der Waals surface area (Å²) in [6.07, 6.45) is 5.12. The van der Waals surface area contributed by atoms with Crippen molar-refractivity contribution in [1.29, 1.82) is 0 Å². The Kier molecular flexibility index (Phi) is 8.03. The molecular formula is C27H23Cl2FN4O2. The van der Waals surface area contributed by atoms with E-state index in [0.29, 0.717) is 29.8 Å². The highest BCUT2D eigenvalue weighted by Gasteiger charge is 2.20. The summed E-state index contributed by atoms with van der Waals surface area (Å²) < 4.78 is 19.9. The van der Waals surface area contributed by atoms with Gasteiger partial charge in [-0.3, -0.25) is 9.78 Å². The predicted octanol–water partition coefficient (Wildman–Crippen LogP) is 6.28. The summed E-state index contributed by atoms with van der Waals surface area (Å²) >= 11 is 12.3. The van der Waals surface area contributed by atoms with E-state index in [2.05, 4.69) is 15.3 Å². The molecule has 4 aromatic rings. The molecule has 0 saturated heterocycles. The largest absolute Gasteiger partial charge is 0.482 e. The molecule has 9 heteroatoms. The first kappa shape index (κ1) is 25.4. The van der Waals surface area contributed by atoms with E-state index in [4.69, 9.17) is 33.7 Å². The molecule has 6 nitrogen and oxygen atoms in total. The van der Waals surface area contributed by atoms with Gasteiger partial charge in [-0.1, -0.05) is 41.4 Å². The number of amides is 1. The van der Waals surface area contributed by atoms with Gasteiger partial charge in [0.2, 0.25) is 0 Å². The fourth-order valence-electron chi connectivity index (χ4n) is 3.65. The van der Waals surface area contributed by atoms with E-state index in [1.54, 1.807) is 43.7 Å². The molecule has 0 aliphatic rings. The molecule has 1 amide bonds. The van der Waals surface area contributed by atoms with Crippen molar-refractivity contribution in [3.05, 3.63) is 106 Å². The van der Waals surface area contributed by atoms with E-state index >= 15 is 0 Å². The van der Waals surface area contributed by atoms with Crippen LogP contribution in [0.25, 0.3) is 11.1 Å². The molecule has 36 heavy (non-hydrogen) atoms. The molecule has 0 radical (unpaired) electrons. The molecule has 1 atom stereocenters. The maximum atomic E-state index is 13.9. The molecule has 2 heterocycles. The molecule has 3 N–H and O–H groups in total. The van der Waals surface area contributed by atoms with Crippen molar-refractivity contribution < 1.29 is 13.9 Å². The van der Waals surface area contributed by atoms with Crippen LogP contribution in [0.15, 0.2) is 73.2 Å². The van der Waals surface area contributed by atoms with E-state index in [1.165, 1.54) is 12.1 Å². The molecule has 0 saturated carbocycles. The minimum absolute atomic E-state index is 0.105. The summed E-state index contributed by atoms with van der Waals surface area (Å²) in [6, 6.07) is 15.3. The zero-order valence-corrected chi connectivity index (χ0v) is 20.9. The highest BCUT2D eigenvalue weighted by atomic mass is 35.5. The second-order valence-electron chi connectivity index (χ2n) is 8.07. The third kappa shape index (κ3) is 5.93. The van der Waals surface area contributed by atoms with Crippen LogP contribution in [0.3, 0.4) is 0 Å². The average Bonchev–Trinajstić information content (AvgIpc) is 2.88. The highest BCUT2D eigenvalue weighted by Crippen LogP contribution is 2.37. The van der Waals surface area contributed by atoms with Crippen molar-refractivity contribution in [2.24, 2.45) is 0 Å². The highest BCUT2D eigenvalue weighted by molar-refractivity contribution is 6.36. The second-order valence-corrected chi connectivity index (χ2v) is 8.85. The van der Waals surface area contributed by atoms with Gasteiger partial charge in [-0.15, -0.1) is 0 Å². The number of hydrogen-bond acceptors (Lipinski definition) is 5. The monoisotopic (exact) mass is 524 g/mol. The van der Waals surface area contributed by atoms with Crippen molar-refractivity contribution in [2.45, 2.75) is 19.4 Å². The molecular weight excluding hydrogens is 502 g/mol. The minimum Gasteiger partial charge on any atom is -0.482 e. The number of pyridine rings is 2. The lowest BCUT2D eigenvalue weighted by atomic mass is 10.0. The zero-order valence-electron chi connectivity index (χ0n) is 19.3. The van der Waals surface area contributed by atoms with Gasteiger partial charge in [-0.05, 0) is 60.9 Å². The third-order valence-electron chi connectivity index (χ3n) is 5.57. The molecule has 184 valence electrons. The average molecular weight is 525 g/mol.